The van der Waals surface area contributed by atoms with E-state index in [1.54, 1.807) is 0 Å². The van der Waals surface area contributed by atoms with E-state index in [0.717, 1.165) is 12.8 Å². The Labute approximate surface area is 74.8 Å². The Bertz CT molecular complexity index is 91.6. The second kappa shape index (κ2) is 7.20. The quantitative estimate of drug-likeness (QED) is 0.696. The molecule has 0 aromatic heterocycles. The summed E-state index contributed by atoms with van der Waals surface area (Å²) >= 11 is 0. The van der Waals surface area contributed by atoms with Gasteiger partial charge in [0.1, 0.15) is 0 Å². The fraction of sp³-hybridized carbons (Fsp3) is 0.857. The minimum absolute atomic E-state index is 0. The van der Waals surface area contributed by atoms with E-state index in [0.29, 0.717) is 12.3 Å². The molecule has 0 radical (unpaired) electrons. The van der Waals surface area contributed by atoms with E-state index in [4.69, 9.17) is 5.11 Å². The number of hydrogen-bond donors (Lipinski definition) is 1. The summed E-state index contributed by atoms with van der Waals surface area (Å²) in [5, 5.41) is 8.23. The Hall–Kier alpha value is 0.0934. The molecule has 0 fully saturated rings. The zero-order valence-corrected chi connectivity index (χ0v) is 9.73. The van der Waals surface area contributed by atoms with Gasteiger partial charge in [0.15, 0.2) is 0 Å². The van der Waals surface area contributed by atoms with Crippen molar-refractivity contribution in [2.75, 3.05) is 0 Å². The zero-order chi connectivity index (χ0) is 7.28. The summed E-state index contributed by atoms with van der Waals surface area (Å²) in [5.41, 5.74) is 0. The van der Waals surface area contributed by atoms with E-state index in [1.807, 2.05) is 0 Å². The molecule has 0 aliphatic carbocycles. The van der Waals surface area contributed by atoms with Crippen molar-refractivity contribution in [1.29, 1.82) is 0 Å². The summed E-state index contributed by atoms with van der Waals surface area (Å²) in [6.45, 7) is 4.20. The molecule has 0 spiro atoms. The van der Waals surface area contributed by atoms with Gasteiger partial charge in [0.05, 0.1) is 0 Å². The maximum atomic E-state index is 9.98. The number of carboxylic acid groups (broad SMARTS) is 1. The minimum Gasteiger partial charge on any atom is -0.481 e. The van der Waals surface area contributed by atoms with Crippen LogP contribution in [0, 0.1) is 5.92 Å². The van der Waals surface area contributed by atoms with Gasteiger partial charge in [0.2, 0.25) is 0 Å². The Balaban J connectivity index is 0. The fourth-order valence-corrected chi connectivity index (χ4v) is 0.662. The van der Waals surface area contributed by atoms with E-state index in [1.165, 1.54) is 0 Å². The van der Waals surface area contributed by atoms with Crippen LogP contribution in [0.3, 0.4) is 0 Å². The molecule has 0 rings (SSSR count). The smallest absolute Gasteiger partial charge is 0.303 e. The monoisotopic (exact) mass is 194 g/mol. The second-order valence-electron chi connectivity index (χ2n) is 2.68. The van der Waals surface area contributed by atoms with Crippen LogP contribution in [-0.4, -0.2) is 11.1 Å². The van der Waals surface area contributed by atoms with Gasteiger partial charge >= 0.3 is 5.97 Å². The maximum absolute atomic E-state index is 9.98. The molecule has 56 valence electrons. The van der Waals surface area contributed by atoms with Crippen LogP contribution >= 0.6 is 0 Å². The fourth-order valence-electron chi connectivity index (χ4n) is 0.662. The van der Waals surface area contributed by atoms with Crippen LogP contribution in [0.2, 0.25) is 0 Å². The number of aliphatic carboxylic acids is 1. The largest absolute Gasteiger partial charge is 0.481 e. The number of carboxylic acids is 1. The Morgan fingerprint density at radius 3 is 2.30 bits per heavy atom. The second-order valence-corrected chi connectivity index (χ2v) is 2.68. The average molecular weight is 196 g/mol. The van der Waals surface area contributed by atoms with Crippen molar-refractivity contribution in [2.24, 2.45) is 5.92 Å². The van der Waals surface area contributed by atoms with E-state index >= 15 is 0 Å². The van der Waals surface area contributed by atoms with Crippen LogP contribution in [0.15, 0.2) is 0 Å². The van der Waals surface area contributed by atoms with Crippen molar-refractivity contribution in [1.82, 2.24) is 0 Å². The first kappa shape index (κ1) is 12.7. The summed E-state index contributed by atoms with van der Waals surface area (Å²) in [6, 6.07) is 0. The van der Waals surface area contributed by atoms with E-state index in [2.05, 4.69) is 13.8 Å². The topological polar surface area (TPSA) is 37.3 Å². The summed E-state index contributed by atoms with van der Waals surface area (Å²) in [6.07, 6.45) is 2.15. The van der Waals surface area contributed by atoms with Crippen molar-refractivity contribution in [3.63, 3.8) is 0 Å². The zero-order valence-electron chi connectivity index (χ0n) is 6.76. The van der Waals surface area contributed by atoms with Crippen molar-refractivity contribution >= 4 is 5.97 Å². The SMILES string of the molecule is CC(C)CCCC(=O)O.[Zn]. The molecule has 0 aromatic carbocycles. The third-order valence-corrected chi connectivity index (χ3v) is 1.17. The molecule has 1 N–H and O–H groups in total. The summed E-state index contributed by atoms with van der Waals surface area (Å²) < 4.78 is 0. The molecule has 0 aliphatic heterocycles. The number of rotatable bonds is 4. The van der Waals surface area contributed by atoms with E-state index in [-0.39, 0.29) is 19.5 Å². The van der Waals surface area contributed by atoms with Gasteiger partial charge in [-0.25, -0.2) is 0 Å². The summed E-state index contributed by atoms with van der Waals surface area (Å²) in [7, 11) is 0. The third kappa shape index (κ3) is 11.0. The predicted octanol–water partition coefficient (Wildman–Crippen LogP) is 1.89. The van der Waals surface area contributed by atoms with Gasteiger partial charge in [0, 0.05) is 25.9 Å². The Morgan fingerprint density at radius 2 is 2.00 bits per heavy atom. The van der Waals surface area contributed by atoms with Gasteiger partial charge in [-0.2, -0.15) is 0 Å². The van der Waals surface area contributed by atoms with Gasteiger partial charge in [-0.1, -0.05) is 20.3 Å². The molecule has 0 aliphatic rings. The standard InChI is InChI=1S/C7H14O2.Zn/c1-6(2)4-3-5-7(8)9;/h6H,3-5H2,1-2H3,(H,8,9);. The van der Waals surface area contributed by atoms with Crippen LogP contribution in [0.4, 0.5) is 0 Å². The van der Waals surface area contributed by atoms with Gasteiger partial charge in [-0.3, -0.25) is 4.79 Å². The van der Waals surface area contributed by atoms with Crippen LogP contribution in [0.5, 0.6) is 0 Å². The first-order chi connectivity index (χ1) is 4.13. The molecule has 0 amide bonds. The van der Waals surface area contributed by atoms with Gasteiger partial charge in [-0.05, 0) is 12.3 Å². The van der Waals surface area contributed by atoms with Gasteiger partial charge in [-0.15, -0.1) is 0 Å². The van der Waals surface area contributed by atoms with E-state index in [9.17, 15) is 4.79 Å². The van der Waals surface area contributed by atoms with Crippen LogP contribution in [0.1, 0.15) is 33.1 Å². The normalized spacial score (nSPS) is 9.10. The van der Waals surface area contributed by atoms with Crippen molar-refractivity contribution in [3.05, 3.63) is 0 Å². The molecule has 10 heavy (non-hydrogen) atoms. The maximum Gasteiger partial charge on any atom is 0.303 e. The van der Waals surface area contributed by atoms with Crippen molar-refractivity contribution < 1.29 is 29.4 Å². The molecule has 0 atom stereocenters. The first-order valence-electron chi connectivity index (χ1n) is 3.34. The molecule has 0 bridgehead atoms. The van der Waals surface area contributed by atoms with Gasteiger partial charge in [0.25, 0.3) is 0 Å². The Morgan fingerprint density at radius 1 is 1.50 bits per heavy atom. The molecule has 0 saturated heterocycles. The predicted molar refractivity (Wildman–Crippen MR) is 36.3 cm³/mol. The molecule has 0 heterocycles. The van der Waals surface area contributed by atoms with Crippen LogP contribution < -0.4 is 0 Å². The van der Waals surface area contributed by atoms with Crippen LogP contribution in [0.25, 0.3) is 0 Å². The number of hydrogen-bond acceptors (Lipinski definition) is 1. The summed E-state index contributed by atoms with van der Waals surface area (Å²) in [5.74, 6) is -0.0556. The average Bonchev–Trinajstić information content (AvgIpc) is 1.63. The molecular formula is C7H14O2Zn. The minimum atomic E-state index is -0.685. The van der Waals surface area contributed by atoms with Crippen molar-refractivity contribution in [2.45, 2.75) is 33.1 Å². The third-order valence-electron chi connectivity index (χ3n) is 1.17. The van der Waals surface area contributed by atoms with Gasteiger partial charge < -0.3 is 5.11 Å². The molecule has 0 unspecified atom stereocenters. The molecule has 0 saturated carbocycles. The Kier molecular flexibility index (Phi) is 9.18. The number of carbonyl (C=O) groups is 1. The molecule has 3 heteroatoms. The van der Waals surface area contributed by atoms with Crippen molar-refractivity contribution in [3.8, 4) is 0 Å². The molecule has 0 aromatic rings. The molecular weight excluding hydrogens is 181 g/mol. The van der Waals surface area contributed by atoms with E-state index < -0.39 is 5.97 Å². The van der Waals surface area contributed by atoms with Crippen LogP contribution in [-0.2, 0) is 24.3 Å². The first-order valence-corrected chi connectivity index (χ1v) is 3.34. The molecule has 2 nitrogen and oxygen atoms in total. The summed E-state index contributed by atoms with van der Waals surface area (Å²) in [4.78, 5) is 9.98.